The average Bonchev–Trinajstić information content (AvgIpc) is 2.89. The van der Waals surface area contributed by atoms with Crippen molar-refractivity contribution in [2.75, 3.05) is 11.4 Å². The second-order valence-electron chi connectivity index (χ2n) is 3.87. The second kappa shape index (κ2) is 6.03. The number of thiophene rings is 1. The van der Waals surface area contributed by atoms with E-state index in [4.69, 9.17) is 5.26 Å². The molecule has 0 aliphatic rings. The zero-order valence-corrected chi connectivity index (χ0v) is 12.5. The fourth-order valence-electron chi connectivity index (χ4n) is 1.79. The van der Waals surface area contributed by atoms with Crippen LogP contribution in [0.4, 0.5) is 5.69 Å². The van der Waals surface area contributed by atoms with Crippen LogP contribution < -0.4 is 4.90 Å². The molecule has 0 spiro atoms. The van der Waals surface area contributed by atoms with Crippen LogP contribution in [0.1, 0.15) is 17.4 Å². The zero-order chi connectivity index (χ0) is 13.0. The molecule has 0 saturated carbocycles. The lowest BCUT2D eigenvalue weighted by Crippen LogP contribution is -2.21. The normalized spacial score (nSPS) is 10.1. The molecule has 1 heterocycles. The molecular weight excluding hydrogens is 308 g/mol. The molecule has 4 heteroatoms. The molecule has 2 aromatic rings. The minimum Gasteiger partial charge on any atom is -0.366 e. The zero-order valence-electron chi connectivity index (χ0n) is 10.1. The van der Waals surface area contributed by atoms with E-state index in [-0.39, 0.29) is 0 Å². The number of nitrogens with zero attached hydrogens (tertiary/aromatic N) is 2. The Balaban J connectivity index is 2.25. The molecule has 1 aromatic heterocycles. The van der Waals surface area contributed by atoms with Crippen LogP contribution in [0.2, 0.25) is 0 Å². The van der Waals surface area contributed by atoms with Gasteiger partial charge in [0.2, 0.25) is 0 Å². The summed E-state index contributed by atoms with van der Waals surface area (Å²) in [6.45, 7) is 3.97. The topological polar surface area (TPSA) is 27.0 Å². The van der Waals surface area contributed by atoms with Crippen molar-refractivity contribution >= 4 is 33.0 Å². The van der Waals surface area contributed by atoms with E-state index in [0.29, 0.717) is 5.56 Å². The Morgan fingerprint density at radius 1 is 1.39 bits per heavy atom. The lowest BCUT2D eigenvalue weighted by atomic mass is 10.2. The molecule has 1 aromatic carbocycles. The summed E-state index contributed by atoms with van der Waals surface area (Å²) in [6, 6.07) is 12.1. The van der Waals surface area contributed by atoms with E-state index in [0.717, 1.165) is 23.2 Å². The highest BCUT2D eigenvalue weighted by Crippen LogP contribution is 2.29. The van der Waals surface area contributed by atoms with Gasteiger partial charge in [-0.15, -0.1) is 11.3 Å². The maximum Gasteiger partial charge on any atom is 0.0992 e. The number of hydrogen-bond donors (Lipinski definition) is 0. The van der Waals surface area contributed by atoms with Crippen molar-refractivity contribution in [3.05, 3.63) is 50.6 Å². The monoisotopic (exact) mass is 320 g/mol. The van der Waals surface area contributed by atoms with Gasteiger partial charge in [0.1, 0.15) is 0 Å². The molecule has 92 valence electrons. The van der Waals surface area contributed by atoms with E-state index < -0.39 is 0 Å². The van der Waals surface area contributed by atoms with Gasteiger partial charge in [-0.3, -0.25) is 0 Å². The maximum absolute atomic E-state index is 8.87. The highest BCUT2D eigenvalue weighted by Gasteiger charge is 2.10. The molecular formula is C14H13BrN2S. The predicted octanol–water partition coefficient (Wildman–Crippen LogP) is 4.41. The average molecular weight is 321 g/mol. The van der Waals surface area contributed by atoms with Crippen molar-refractivity contribution < 1.29 is 0 Å². The maximum atomic E-state index is 8.87. The molecule has 0 fully saturated rings. The van der Waals surface area contributed by atoms with Crippen LogP contribution in [-0.4, -0.2) is 6.54 Å². The van der Waals surface area contributed by atoms with E-state index in [1.165, 1.54) is 4.88 Å². The van der Waals surface area contributed by atoms with Crippen LogP contribution in [0, 0.1) is 11.3 Å². The van der Waals surface area contributed by atoms with Crippen LogP contribution in [0.15, 0.2) is 40.2 Å². The van der Waals surface area contributed by atoms with E-state index in [2.05, 4.69) is 51.3 Å². The summed E-state index contributed by atoms with van der Waals surface area (Å²) in [4.78, 5) is 3.63. The third-order valence-electron chi connectivity index (χ3n) is 2.73. The summed E-state index contributed by atoms with van der Waals surface area (Å²) in [5.74, 6) is 0. The van der Waals surface area contributed by atoms with Crippen molar-refractivity contribution in [2.45, 2.75) is 13.5 Å². The summed E-state index contributed by atoms with van der Waals surface area (Å²) in [6.07, 6.45) is 0. The van der Waals surface area contributed by atoms with Gasteiger partial charge < -0.3 is 4.90 Å². The van der Waals surface area contributed by atoms with Gasteiger partial charge in [-0.1, -0.05) is 6.07 Å². The molecule has 0 aliphatic carbocycles. The van der Waals surface area contributed by atoms with Gasteiger partial charge >= 0.3 is 0 Å². The van der Waals surface area contributed by atoms with Crippen LogP contribution in [0.5, 0.6) is 0 Å². The number of rotatable bonds is 4. The van der Waals surface area contributed by atoms with Crippen molar-refractivity contribution in [3.8, 4) is 6.07 Å². The van der Waals surface area contributed by atoms with E-state index >= 15 is 0 Å². The first-order chi connectivity index (χ1) is 8.74. The second-order valence-corrected chi connectivity index (χ2v) is 5.76. The minimum absolute atomic E-state index is 0.679. The number of halogens is 1. The third kappa shape index (κ3) is 2.92. The number of benzene rings is 1. The Bertz CT molecular complexity index is 558. The largest absolute Gasteiger partial charge is 0.366 e. The Labute approximate surface area is 120 Å². The SMILES string of the molecule is CCN(Cc1cccs1)c1ccc(C#N)cc1Br. The molecule has 0 radical (unpaired) electrons. The van der Waals surface area contributed by atoms with Crippen molar-refractivity contribution in [1.29, 1.82) is 5.26 Å². The lowest BCUT2D eigenvalue weighted by molar-refractivity contribution is 0.840. The van der Waals surface area contributed by atoms with Crippen LogP contribution >= 0.6 is 27.3 Å². The van der Waals surface area contributed by atoms with E-state index in [1.54, 1.807) is 11.3 Å². The number of hydrogen-bond acceptors (Lipinski definition) is 3. The number of nitriles is 1. The molecule has 0 saturated heterocycles. The minimum atomic E-state index is 0.679. The standard InChI is InChI=1S/C14H13BrN2S/c1-2-17(10-12-4-3-7-18-12)14-6-5-11(9-16)8-13(14)15/h3-8H,2,10H2,1H3. The first-order valence-electron chi connectivity index (χ1n) is 5.71. The predicted molar refractivity (Wildman–Crippen MR) is 79.9 cm³/mol. The van der Waals surface area contributed by atoms with Gasteiger partial charge in [-0.05, 0) is 52.5 Å². The molecule has 0 amide bonds. The Hall–Kier alpha value is -1.31. The first kappa shape index (κ1) is 13.1. The van der Waals surface area contributed by atoms with Gasteiger partial charge in [-0.2, -0.15) is 5.26 Å². The fourth-order valence-corrected chi connectivity index (χ4v) is 3.14. The molecule has 0 unspecified atom stereocenters. The van der Waals surface area contributed by atoms with Gasteiger partial charge in [0, 0.05) is 15.9 Å². The summed E-state index contributed by atoms with van der Waals surface area (Å²) in [5.41, 5.74) is 1.81. The fraction of sp³-hybridized carbons (Fsp3) is 0.214. The van der Waals surface area contributed by atoms with Crippen molar-refractivity contribution in [2.24, 2.45) is 0 Å². The Morgan fingerprint density at radius 2 is 2.22 bits per heavy atom. The molecule has 0 bridgehead atoms. The number of anilines is 1. The molecule has 2 nitrogen and oxygen atoms in total. The molecule has 0 N–H and O–H groups in total. The molecule has 2 rings (SSSR count). The quantitative estimate of drug-likeness (QED) is 0.834. The first-order valence-corrected chi connectivity index (χ1v) is 7.39. The summed E-state index contributed by atoms with van der Waals surface area (Å²) < 4.78 is 0.972. The van der Waals surface area contributed by atoms with Gasteiger partial charge in [0.05, 0.1) is 23.9 Å². The van der Waals surface area contributed by atoms with Gasteiger partial charge in [0.25, 0.3) is 0 Å². The lowest BCUT2D eigenvalue weighted by Gasteiger charge is -2.23. The molecule has 18 heavy (non-hydrogen) atoms. The van der Waals surface area contributed by atoms with Gasteiger partial charge in [-0.25, -0.2) is 0 Å². The highest BCUT2D eigenvalue weighted by molar-refractivity contribution is 9.10. The Kier molecular flexibility index (Phi) is 4.40. The van der Waals surface area contributed by atoms with E-state index in [9.17, 15) is 0 Å². The highest BCUT2D eigenvalue weighted by atomic mass is 79.9. The van der Waals surface area contributed by atoms with Crippen LogP contribution in [0.25, 0.3) is 0 Å². The van der Waals surface area contributed by atoms with E-state index in [1.807, 2.05) is 18.2 Å². The molecule has 0 aliphatic heterocycles. The summed E-state index contributed by atoms with van der Waals surface area (Å²) in [5, 5.41) is 11.0. The van der Waals surface area contributed by atoms with Crippen LogP contribution in [-0.2, 0) is 6.54 Å². The third-order valence-corrected chi connectivity index (χ3v) is 4.22. The van der Waals surface area contributed by atoms with Crippen LogP contribution in [0.3, 0.4) is 0 Å². The van der Waals surface area contributed by atoms with Crippen molar-refractivity contribution in [3.63, 3.8) is 0 Å². The van der Waals surface area contributed by atoms with Crippen molar-refractivity contribution in [1.82, 2.24) is 0 Å². The summed E-state index contributed by atoms with van der Waals surface area (Å²) in [7, 11) is 0. The smallest absolute Gasteiger partial charge is 0.0992 e. The Morgan fingerprint density at radius 3 is 2.78 bits per heavy atom. The summed E-state index contributed by atoms with van der Waals surface area (Å²) >= 11 is 5.31. The molecule has 0 atom stereocenters. The van der Waals surface area contributed by atoms with Gasteiger partial charge in [0.15, 0.2) is 0 Å².